The van der Waals surface area contributed by atoms with Gasteiger partial charge in [-0.3, -0.25) is 4.79 Å². The van der Waals surface area contributed by atoms with E-state index in [2.05, 4.69) is 20.6 Å². The Hall–Kier alpha value is -3.28. The summed E-state index contributed by atoms with van der Waals surface area (Å²) in [6.45, 7) is 2.55. The Morgan fingerprint density at radius 2 is 1.78 bits per heavy atom. The molecule has 0 radical (unpaired) electrons. The van der Waals surface area contributed by atoms with Crippen LogP contribution >= 0.6 is 0 Å². The average molecular weight is 364 g/mol. The highest BCUT2D eigenvalue weighted by molar-refractivity contribution is 5.92. The van der Waals surface area contributed by atoms with Crippen LogP contribution in [0.25, 0.3) is 0 Å². The molecule has 0 bridgehead atoms. The van der Waals surface area contributed by atoms with E-state index >= 15 is 0 Å². The summed E-state index contributed by atoms with van der Waals surface area (Å²) in [4.78, 5) is 20.9. The largest absolute Gasteiger partial charge is 0.350 e. The molecule has 1 aromatic heterocycles. The number of aryl methyl sites for hydroxylation is 1. The molecule has 0 aliphatic rings. The van der Waals surface area contributed by atoms with Gasteiger partial charge in [0.2, 0.25) is 5.95 Å². The van der Waals surface area contributed by atoms with Crippen molar-refractivity contribution in [3.63, 3.8) is 0 Å². The van der Waals surface area contributed by atoms with Crippen LogP contribution in [0, 0.1) is 12.7 Å². The van der Waals surface area contributed by atoms with Crippen LogP contribution in [-0.2, 0) is 13.0 Å². The number of hydrogen-bond donors (Lipinski definition) is 2. The van der Waals surface area contributed by atoms with Crippen LogP contribution < -0.4 is 10.6 Å². The minimum atomic E-state index is -0.295. The summed E-state index contributed by atoms with van der Waals surface area (Å²) in [6, 6.07) is 18.1. The third-order valence-electron chi connectivity index (χ3n) is 4.02. The number of halogens is 1. The predicted molar refractivity (Wildman–Crippen MR) is 103 cm³/mol. The normalized spacial score (nSPS) is 10.4. The van der Waals surface area contributed by atoms with E-state index < -0.39 is 0 Å². The molecule has 1 amide bonds. The number of amides is 1. The third kappa shape index (κ3) is 5.34. The van der Waals surface area contributed by atoms with Crippen molar-refractivity contribution >= 4 is 11.9 Å². The summed E-state index contributed by atoms with van der Waals surface area (Å²) in [6.07, 6.45) is 0.745. The summed E-state index contributed by atoms with van der Waals surface area (Å²) in [5.41, 5.74) is 2.61. The van der Waals surface area contributed by atoms with Crippen LogP contribution in [-0.4, -0.2) is 22.4 Å². The summed E-state index contributed by atoms with van der Waals surface area (Å²) in [5.74, 6) is -0.256. The van der Waals surface area contributed by atoms with E-state index in [1.54, 1.807) is 31.2 Å². The zero-order valence-corrected chi connectivity index (χ0v) is 15.1. The van der Waals surface area contributed by atoms with Crippen molar-refractivity contribution < 1.29 is 9.18 Å². The van der Waals surface area contributed by atoms with Crippen molar-refractivity contribution in [1.29, 1.82) is 0 Å². The smallest absolute Gasteiger partial charge is 0.270 e. The Balaban J connectivity index is 1.60. The zero-order chi connectivity index (χ0) is 19.1. The molecule has 5 nitrogen and oxygen atoms in total. The fraction of sp³-hybridized carbons (Fsp3) is 0.190. The lowest BCUT2D eigenvalue weighted by Gasteiger charge is -2.09. The Bertz CT molecular complexity index is 915. The topological polar surface area (TPSA) is 66.9 Å². The highest BCUT2D eigenvalue weighted by atomic mass is 19.1. The highest BCUT2D eigenvalue weighted by Crippen LogP contribution is 2.10. The van der Waals surface area contributed by atoms with Crippen LogP contribution in [0.2, 0.25) is 0 Å². The van der Waals surface area contributed by atoms with Crippen LogP contribution in [0.4, 0.5) is 10.3 Å². The van der Waals surface area contributed by atoms with Crippen molar-refractivity contribution in [1.82, 2.24) is 15.3 Å². The fourth-order valence-corrected chi connectivity index (χ4v) is 2.64. The van der Waals surface area contributed by atoms with Crippen molar-refractivity contribution in [3.05, 3.63) is 89.0 Å². The molecule has 6 heteroatoms. The van der Waals surface area contributed by atoms with Crippen molar-refractivity contribution in [3.8, 4) is 0 Å². The first-order valence-corrected chi connectivity index (χ1v) is 8.77. The van der Waals surface area contributed by atoms with Gasteiger partial charge in [-0.1, -0.05) is 48.5 Å². The second-order valence-electron chi connectivity index (χ2n) is 6.15. The molecule has 0 saturated heterocycles. The first-order valence-electron chi connectivity index (χ1n) is 8.77. The van der Waals surface area contributed by atoms with Crippen molar-refractivity contribution in [2.45, 2.75) is 19.9 Å². The van der Waals surface area contributed by atoms with E-state index in [0.717, 1.165) is 12.0 Å². The van der Waals surface area contributed by atoms with Gasteiger partial charge in [-0.15, -0.1) is 0 Å². The van der Waals surface area contributed by atoms with Crippen LogP contribution in [0.1, 0.15) is 27.3 Å². The van der Waals surface area contributed by atoms with E-state index in [-0.39, 0.29) is 24.0 Å². The Morgan fingerprint density at radius 1 is 1.04 bits per heavy atom. The number of hydrogen-bond acceptors (Lipinski definition) is 4. The van der Waals surface area contributed by atoms with Gasteiger partial charge < -0.3 is 10.6 Å². The van der Waals surface area contributed by atoms with Gasteiger partial charge in [0.05, 0.1) is 0 Å². The molecule has 3 rings (SSSR count). The quantitative estimate of drug-likeness (QED) is 0.673. The minimum Gasteiger partial charge on any atom is -0.350 e. The summed E-state index contributed by atoms with van der Waals surface area (Å²) in [5, 5.41) is 5.85. The molecule has 138 valence electrons. The molecule has 0 aliphatic heterocycles. The maximum atomic E-state index is 13.7. The predicted octanol–water partition coefficient (Wildman–Crippen LogP) is 3.51. The Kier molecular flexibility index (Phi) is 6.10. The SMILES string of the molecule is Cc1cc(C(=O)NCCc2ccccc2)nc(NCc2ccccc2F)n1. The summed E-state index contributed by atoms with van der Waals surface area (Å²) in [7, 11) is 0. The van der Waals surface area contributed by atoms with E-state index in [9.17, 15) is 9.18 Å². The number of rotatable bonds is 7. The lowest BCUT2D eigenvalue weighted by Crippen LogP contribution is -2.27. The molecular weight excluding hydrogens is 343 g/mol. The number of carbonyl (C=O) groups excluding carboxylic acids is 1. The van der Waals surface area contributed by atoms with E-state index in [4.69, 9.17) is 0 Å². The number of benzene rings is 2. The second kappa shape index (κ2) is 8.89. The van der Waals surface area contributed by atoms with Crippen LogP contribution in [0.5, 0.6) is 0 Å². The first-order chi connectivity index (χ1) is 13.1. The van der Waals surface area contributed by atoms with Gasteiger partial charge in [0.25, 0.3) is 5.91 Å². The number of anilines is 1. The fourth-order valence-electron chi connectivity index (χ4n) is 2.64. The summed E-state index contributed by atoms with van der Waals surface area (Å²) < 4.78 is 13.7. The monoisotopic (exact) mass is 364 g/mol. The van der Waals surface area contributed by atoms with E-state index in [1.165, 1.54) is 6.07 Å². The number of nitrogens with zero attached hydrogens (tertiary/aromatic N) is 2. The minimum absolute atomic E-state index is 0.241. The van der Waals surface area contributed by atoms with Gasteiger partial charge in [0, 0.05) is 24.3 Å². The van der Waals surface area contributed by atoms with Gasteiger partial charge in [0.15, 0.2) is 0 Å². The maximum Gasteiger partial charge on any atom is 0.270 e. The molecular formula is C21H21FN4O. The van der Waals surface area contributed by atoms with Gasteiger partial charge in [0.1, 0.15) is 11.5 Å². The van der Waals surface area contributed by atoms with E-state index in [0.29, 0.717) is 23.8 Å². The van der Waals surface area contributed by atoms with Gasteiger partial charge in [-0.2, -0.15) is 0 Å². The Labute approximate surface area is 157 Å². The zero-order valence-electron chi connectivity index (χ0n) is 15.1. The summed E-state index contributed by atoms with van der Waals surface area (Å²) >= 11 is 0. The Morgan fingerprint density at radius 3 is 2.56 bits per heavy atom. The van der Waals surface area contributed by atoms with Crippen molar-refractivity contribution in [2.24, 2.45) is 0 Å². The van der Waals surface area contributed by atoms with Gasteiger partial charge in [-0.25, -0.2) is 14.4 Å². The molecule has 3 aromatic rings. The number of carbonyl (C=O) groups is 1. The lowest BCUT2D eigenvalue weighted by atomic mass is 10.1. The van der Waals surface area contributed by atoms with Gasteiger partial charge in [-0.05, 0) is 31.0 Å². The molecule has 2 N–H and O–H groups in total. The molecule has 0 unspecified atom stereocenters. The average Bonchev–Trinajstić information content (AvgIpc) is 2.68. The molecule has 27 heavy (non-hydrogen) atoms. The maximum absolute atomic E-state index is 13.7. The number of nitrogens with one attached hydrogen (secondary N) is 2. The molecule has 0 aliphatic carbocycles. The molecule has 0 spiro atoms. The standard InChI is InChI=1S/C21H21FN4O/c1-15-13-19(20(27)23-12-11-16-7-3-2-4-8-16)26-21(25-15)24-14-17-9-5-6-10-18(17)22/h2-10,13H,11-12,14H2,1H3,(H,23,27)(H,24,25,26). The second-order valence-corrected chi connectivity index (χ2v) is 6.15. The lowest BCUT2D eigenvalue weighted by molar-refractivity contribution is 0.0949. The van der Waals surface area contributed by atoms with Crippen LogP contribution in [0.3, 0.4) is 0 Å². The molecule has 0 fully saturated rings. The molecule has 1 heterocycles. The van der Waals surface area contributed by atoms with E-state index in [1.807, 2.05) is 30.3 Å². The first kappa shape index (κ1) is 18.5. The van der Waals surface area contributed by atoms with Crippen molar-refractivity contribution in [2.75, 3.05) is 11.9 Å². The molecule has 2 aromatic carbocycles. The number of aromatic nitrogens is 2. The highest BCUT2D eigenvalue weighted by Gasteiger charge is 2.11. The molecule has 0 atom stereocenters. The van der Waals surface area contributed by atoms with Gasteiger partial charge >= 0.3 is 0 Å². The van der Waals surface area contributed by atoms with Crippen LogP contribution in [0.15, 0.2) is 60.7 Å². The third-order valence-corrected chi connectivity index (χ3v) is 4.02. The molecule has 0 saturated carbocycles.